The van der Waals surface area contributed by atoms with Gasteiger partial charge in [0, 0.05) is 44.7 Å². The normalized spacial score (nSPS) is 17.2. The number of guanidine groups is 1. The molecule has 1 aliphatic rings. The van der Waals surface area contributed by atoms with Gasteiger partial charge < -0.3 is 10.2 Å². The molecule has 0 spiro atoms. The standard InChI is InChI=1S/C18H30N4O2S2.HI/c1-4-19-18(20-9-10-22-11-13-26(23,24)14-12-22)21(2)15-16-5-7-17(25-3)8-6-16;/h5-8H,4,9-15H2,1-3H3,(H,19,20);1H. The Bertz CT molecular complexity index is 682. The number of nitrogens with zero attached hydrogens (tertiary/aromatic N) is 3. The minimum absolute atomic E-state index is 0. The van der Waals surface area contributed by atoms with E-state index in [-0.39, 0.29) is 35.5 Å². The first-order valence-corrected chi connectivity index (χ1v) is 12.0. The van der Waals surface area contributed by atoms with Crippen LogP contribution in [0.2, 0.25) is 0 Å². The molecule has 0 saturated carbocycles. The third-order valence-corrected chi connectivity index (χ3v) is 6.74. The first kappa shape index (κ1) is 24.5. The molecular weight excluding hydrogens is 495 g/mol. The van der Waals surface area contributed by atoms with E-state index in [1.807, 2.05) is 7.05 Å². The van der Waals surface area contributed by atoms with Crippen molar-refractivity contribution < 1.29 is 8.42 Å². The Morgan fingerprint density at radius 3 is 2.44 bits per heavy atom. The molecule has 0 aromatic heterocycles. The average Bonchev–Trinajstić information content (AvgIpc) is 2.63. The topological polar surface area (TPSA) is 65.0 Å². The molecule has 1 aromatic rings. The van der Waals surface area contributed by atoms with Gasteiger partial charge >= 0.3 is 0 Å². The molecule has 1 aromatic carbocycles. The van der Waals surface area contributed by atoms with Gasteiger partial charge in [-0.1, -0.05) is 12.1 Å². The van der Waals surface area contributed by atoms with Crippen LogP contribution in [-0.2, 0) is 16.4 Å². The van der Waals surface area contributed by atoms with Crippen LogP contribution in [0.25, 0.3) is 0 Å². The minimum atomic E-state index is -2.82. The van der Waals surface area contributed by atoms with Crippen LogP contribution in [-0.4, -0.2) is 81.7 Å². The number of thioether (sulfide) groups is 1. The fourth-order valence-corrected chi connectivity index (χ4v) is 4.51. The number of hydrogen-bond acceptors (Lipinski definition) is 5. The summed E-state index contributed by atoms with van der Waals surface area (Å²) in [4.78, 5) is 10.3. The number of aliphatic imine (C=N–C) groups is 1. The van der Waals surface area contributed by atoms with Crippen molar-refractivity contribution in [1.82, 2.24) is 15.1 Å². The van der Waals surface area contributed by atoms with Gasteiger partial charge in [0.15, 0.2) is 15.8 Å². The van der Waals surface area contributed by atoms with Crippen LogP contribution in [0, 0.1) is 0 Å². The SMILES string of the molecule is CCNC(=NCCN1CCS(=O)(=O)CC1)N(C)Cc1ccc(SC)cc1.I. The van der Waals surface area contributed by atoms with Crippen LogP contribution < -0.4 is 5.32 Å². The van der Waals surface area contributed by atoms with Crippen LogP contribution in [0.5, 0.6) is 0 Å². The van der Waals surface area contributed by atoms with Crippen molar-refractivity contribution >= 4 is 51.5 Å². The predicted octanol–water partition coefficient (Wildman–Crippen LogP) is 2.15. The molecular formula is C18H31IN4O2S2. The number of nitrogens with one attached hydrogen (secondary N) is 1. The summed E-state index contributed by atoms with van der Waals surface area (Å²) in [5.74, 6) is 1.41. The molecule has 9 heteroatoms. The molecule has 0 radical (unpaired) electrons. The van der Waals surface area contributed by atoms with E-state index in [9.17, 15) is 8.42 Å². The van der Waals surface area contributed by atoms with Crippen molar-refractivity contribution in [2.24, 2.45) is 4.99 Å². The molecule has 2 rings (SSSR count). The zero-order valence-corrected chi connectivity index (χ0v) is 20.3. The van der Waals surface area contributed by atoms with Crippen LogP contribution in [0.15, 0.2) is 34.2 Å². The molecule has 1 N–H and O–H groups in total. The maximum Gasteiger partial charge on any atom is 0.194 e. The van der Waals surface area contributed by atoms with E-state index in [1.165, 1.54) is 10.5 Å². The summed E-state index contributed by atoms with van der Waals surface area (Å²) in [7, 11) is -0.779. The molecule has 27 heavy (non-hydrogen) atoms. The van der Waals surface area contributed by atoms with E-state index in [0.717, 1.165) is 25.6 Å². The van der Waals surface area contributed by atoms with Crippen molar-refractivity contribution in [2.45, 2.75) is 18.4 Å². The lowest BCUT2D eigenvalue weighted by atomic mass is 10.2. The molecule has 0 atom stereocenters. The summed E-state index contributed by atoms with van der Waals surface area (Å²) in [6.45, 7) is 6.36. The smallest absolute Gasteiger partial charge is 0.194 e. The van der Waals surface area contributed by atoms with E-state index < -0.39 is 9.84 Å². The second-order valence-electron chi connectivity index (χ2n) is 6.43. The van der Waals surface area contributed by atoms with Crippen molar-refractivity contribution in [1.29, 1.82) is 0 Å². The molecule has 1 saturated heterocycles. The fourth-order valence-electron chi connectivity index (χ4n) is 2.82. The predicted molar refractivity (Wildman–Crippen MR) is 126 cm³/mol. The number of halogens is 1. The Balaban J connectivity index is 0.00000364. The quantitative estimate of drug-likeness (QED) is 0.254. The Kier molecular flexibility index (Phi) is 11.0. The highest BCUT2D eigenvalue weighted by molar-refractivity contribution is 14.0. The average molecular weight is 527 g/mol. The Labute approximate surface area is 185 Å². The molecule has 0 bridgehead atoms. The summed E-state index contributed by atoms with van der Waals surface area (Å²) in [6, 6.07) is 8.59. The molecule has 0 aliphatic carbocycles. The van der Waals surface area contributed by atoms with E-state index in [2.05, 4.69) is 52.6 Å². The zero-order valence-electron chi connectivity index (χ0n) is 16.3. The summed E-state index contributed by atoms with van der Waals surface area (Å²) in [5.41, 5.74) is 1.25. The van der Waals surface area contributed by atoms with Crippen molar-refractivity contribution in [3.8, 4) is 0 Å². The zero-order chi connectivity index (χ0) is 19.0. The van der Waals surface area contributed by atoms with Gasteiger partial charge in [-0.25, -0.2) is 8.42 Å². The summed E-state index contributed by atoms with van der Waals surface area (Å²) < 4.78 is 23.0. The molecule has 154 valence electrons. The maximum atomic E-state index is 11.5. The van der Waals surface area contributed by atoms with Crippen LogP contribution in [0.1, 0.15) is 12.5 Å². The number of hydrogen-bond donors (Lipinski definition) is 1. The Morgan fingerprint density at radius 2 is 1.89 bits per heavy atom. The molecule has 1 fully saturated rings. The monoisotopic (exact) mass is 526 g/mol. The van der Waals surface area contributed by atoms with Gasteiger partial charge in [0.25, 0.3) is 0 Å². The maximum absolute atomic E-state index is 11.5. The first-order chi connectivity index (χ1) is 12.4. The van der Waals surface area contributed by atoms with Gasteiger partial charge in [-0.05, 0) is 30.9 Å². The lowest BCUT2D eigenvalue weighted by molar-refractivity contribution is 0.303. The van der Waals surface area contributed by atoms with Gasteiger partial charge in [-0.2, -0.15) is 0 Å². The third kappa shape index (κ3) is 8.57. The van der Waals surface area contributed by atoms with Crippen molar-refractivity contribution in [2.75, 3.05) is 57.5 Å². The molecule has 1 heterocycles. The van der Waals surface area contributed by atoms with Crippen LogP contribution in [0.4, 0.5) is 0 Å². The lowest BCUT2D eigenvalue weighted by Gasteiger charge is -2.26. The largest absolute Gasteiger partial charge is 0.357 e. The highest BCUT2D eigenvalue weighted by atomic mass is 127. The number of rotatable bonds is 7. The van der Waals surface area contributed by atoms with Crippen molar-refractivity contribution in [3.63, 3.8) is 0 Å². The second-order valence-corrected chi connectivity index (χ2v) is 9.62. The molecule has 0 unspecified atom stereocenters. The number of benzene rings is 1. The van der Waals surface area contributed by atoms with E-state index in [1.54, 1.807) is 11.8 Å². The Morgan fingerprint density at radius 1 is 1.26 bits per heavy atom. The minimum Gasteiger partial charge on any atom is -0.357 e. The first-order valence-electron chi connectivity index (χ1n) is 8.98. The second kappa shape index (κ2) is 12.1. The highest BCUT2D eigenvalue weighted by Crippen LogP contribution is 2.15. The van der Waals surface area contributed by atoms with E-state index in [0.29, 0.717) is 19.6 Å². The van der Waals surface area contributed by atoms with Gasteiger partial charge in [-0.3, -0.25) is 9.89 Å². The van der Waals surface area contributed by atoms with Gasteiger partial charge in [0.1, 0.15) is 0 Å². The number of sulfone groups is 1. The van der Waals surface area contributed by atoms with E-state index >= 15 is 0 Å². The lowest BCUT2D eigenvalue weighted by Crippen LogP contribution is -2.42. The summed E-state index contributed by atoms with van der Waals surface area (Å²) in [5, 5.41) is 3.33. The summed E-state index contributed by atoms with van der Waals surface area (Å²) >= 11 is 1.74. The Hall–Kier alpha value is -0.520. The summed E-state index contributed by atoms with van der Waals surface area (Å²) in [6.07, 6.45) is 2.08. The van der Waals surface area contributed by atoms with Crippen LogP contribution in [0.3, 0.4) is 0 Å². The van der Waals surface area contributed by atoms with E-state index in [4.69, 9.17) is 4.99 Å². The fraction of sp³-hybridized carbons (Fsp3) is 0.611. The van der Waals surface area contributed by atoms with Crippen LogP contribution >= 0.6 is 35.7 Å². The molecule has 1 aliphatic heterocycles. The molecule has 0 amide bonds. The van der Waals surface area contributed by atoms with Gasteiger partial charge in [-0.15, -0.1) is 35.7 Å². The van der Waals surface area contributed by atoms with Gasteiger partial charge in [0.05, 0.1) is 18.1 Å². The van der Waals surface area contributed by atoms with Gasteiger partial charge in [0.2, 0.25) is 0 Å². The highest BCUT2D eigenvalue weighted by Gasteiger charge is 2.20. The molecule has 6 nitrogen and oxygen atoms in total. The van der Waals surface area contributed by atoms with Crippen molar-refractivity contribution in [3.05, 3.63) is 29.8 Å². The third-order valence-electron chi connectivity index (χ3n) is 4.39.